The van der Waals surface area contributed by atoms with Crippen molar-refractivity contribution in [2.24, 2.45) is 0 Å². The Balaban J connectivity index is 1.33. The molecular formula is C19H20N2O6S. The van der Waals surface area contributed by atoms with Crippen LogP contribution >= 0.6 is 0 Å². The number of ether oxygens (including phenoxy) is 3. The maximum absolute atomic E-state index is 12.5. The number of nitrogens with one attached hydrogen (secondary N) is 1. The summed E-state index contributed by atoms with van der Waals surface area (Å²) >= 11 is 0. The Bertz CT molecular complexity index is 968. The quantitative estimate of drug-likeness (QED) is 0.793. The third kappa shape index (κ3) is 3.90. The van der Waals surface area contributed by atoms with Crippen molar-refractivity contribution in [1.82, 2.24) is 4.31 Å². The highest BCUT2D eigenvalue weighted by atomic mass is 32.2. The molecule has 2 aliphatic heterocycles. The molecule has 1 N–H and O–H groups in total. The Labute approximate surface area is 163 Å². The summed E-state index contributed by atoms with van der Waals surface area (Å²) in [6, 6.07) is 11.2. The molecule has 0 bridgehead atoms. The van der Waals surface area contributed by atoms with Gasteiger partial charge in [-0.15, -0.1) is 0 Å². The molecule has 2 aromatic carbocycles. The van der Waals surface area contributed by atoms with E-state index >= 15 is 0 Å². The van der Waals surface area contributed by atoms with Crippen LogP contribution in [-0.2, 0) is 14.8 Å². The normalized spacial score (nSPS) is 16.1. The number of rotatable bonds is 6. The van der Waals surface area contributed by atoms with Gasteiger partial charge in [0, 0.05) is 24.8 Å². The first-order chi connectivity index (χ1) is 13.5. The molecule has 0 atom stereocenters. The van der Waals surface area contributed by atoms with Gasteiger partial charge in [-0.25, -0.2) is 8.42 Å². The van der Waals surface area contributed by atoms with Gasteiger partial charge in [-0.05, 0) is 49.2 Å². The lowest BCUT2D eigenvalue weighted by Gasteiger charge is -2.15. The van der Waals surface area contributed by atoms with Crippen molar-refractivity contribution in [1.29, 1.82) is 0 Å². The molecule has 2 aromatic rings. The molecule has 2 aliphatic rings. The second kappa shape index (κ2) is 7.69. The molecule has 0 aromatic heterocycles. The fourth-order valence-electron chi connectivity index (χ4n) is 3.10. The predicted molar refractivity (Wildman–Crippen MR) is 101 cm³/mol. The average molecular weight is 404 g/mol. The topological polar surface area (TPSA) is 94.2 Å². The zero-order chi connectivity index (χ0) is 19.6. The summed E-state index contributed by atoms with van der Waals surface area (Å²) in [7, 11) is -3.46. The molecule has 0 aliphatic carbocycles. The molecule has 148 valence electrons. The minimum atomic E-state index is -3.46. The molecule has 1 saturated heterocycles. The van der Waals surface area contributed by atoms with E-state index in [9.17, 15) is 13.2 Å². The maximum Gasteiger partial charge on any atom is 0.262 e. The van der Waals surface area contributed by atoms with E-state index in [1.165, 1.54) is 16.4 Å². The van der Waals surface area contributed by atoms with E-state index in [0.717, 1.165) is 12.8 Å². The lowest BCUT2D eigenvalue weighted by atomic mass is 10.3. The minimum absolute atomic E-state index is 0.169. The summed E-state index contributed by atoms with van der Waals surface area (Å²) in [5.41, 5.74) is 0.500. The van der Waals surface area contributed by atoms with Crippen molar-refractivity contribution < 1.29 is 27.4 Å². The summed E-state index contributed by atoms with van der Waals surface area (Å²) in [5.74, 6) is 1.35. The van der Waals surface area contributed by atoms with Gasteiger partial charge in [-0.1, -0.05) is 0 Å². The van der Waals surface area contributed by atoms with Crippen LogP contribution in [0.1, 0.15) is 12.8 Å². The Morgan fingerprint density at radius 1 is 1.04 bits per heavy atom. The van der Waals surface area contributed by atoms with E-state index in [1.54, 1.807) is 30.3 Å². The number of carbonyl (C=O) groups excluding carboxylic acids is 1. The maximum atomic E-state index is 12.5. The van der Waals surface area contributed by atoms with Gasteiger partial charge in [0.1, 0.15) is 5.75 Å². The number of hydrogen-bond acceptors (Lipinski definition) is 6. The SMILES string of the molecule is O=C(COc1ccc2c(c1)OCO2)Nc1ccc(S(=O)(=O)N2CCCC2)cc1. The molecule has 0 unspecified atom stereocenters. The van der Waals surface area contributed by atoms with Gasteiger partial charge in [0.15, 0.2) is 18.1 Å². The van der Waals surface area contributed by atoms with Crippen LogP contribution in [0.4, 0.5) is 5.69 Å². The molecule has 2 heterocycles. The van der Waals surface area contributed by atoms with E-state index < -0.39 is 10.0 Å². The van der Waals surface area contributed by atoms with Gasteiger partial charge in [0.25, 0.3) is 5.91 Å². The van der Waals surface area contributed by atoms with E-state index in [1.807, 2.05) is 0 Å². The summed E-state index contributed by atoms with van der Waals surface area (Å²) in [5, 5.41) is 2.68. The monoisotopic (exact) mass is 404 g/mol. The average Bonchev–Trinajstić information content (AvgIpc) is 3.38. The number of sulfonamides is 1. The number of hydrogen-bond donors (Lipinski definition) is 1. The second-order valence-electron chi connectivity index (χ2n) is 6.49. The lowest BCUT2D eigenvalue weighted by Crippen LogP contribution is -2.27. The molecule has 4 rings (SSSR count). The fraction of sp³-hybridized carbons (Fsp3) is 0.316. The van der Waals surface area contributed by atoms with Crippen molar-refractivity contribution in [2.75, 3.05) is 31.8 Å². The van der Waals surface area contributed by atoms with Crippen LogP contribution in [0, 0.1) is 0 Å². The first-order valence-corrected chi connectivity index (χ1v) is 10.4. The molecule has 9 heteroatoms. The predicted octanol–water partition coefficient (Wildman–Crippen LogP) is 2.22. The molecule has 0 spiro atoms. The van der Waals surface area contributed by atoms with Crippen LogP contribution in [0.3, 0.4) is 0 Å². The molecule has 0 radical (unpaired) electrons. The zero-order valence-electron chi connectivity index (χ0n) is 15.1. The molecule has 1 amide bonds. The number of amides is 1. The number of benzene rings is 2. The lowest BCUT2D eigenvalue weighted by molar-refractivity contribution is -0.118. The Morgan fingerprint density at radius 2 is 1.75 bits per heavy atom. The van der Waals surface area contributed by atoms with Crippen molar-refractivity contribution in [3.63, 3.8) is 0 Å². The molecule has 8 nitrogen and oxygen atoms in total. The highest BCUT2D eigenvalue weighted by Gasteiger charge is 2.26. The van der Waals surface area contributed by atoms with Crippen molar-refractivity contribution in [2.45, 2.75) is 17.7 Å². The van der Waals surface area contributed by atoms with Crippen molar-refractivity contribution in [3.8, 4) is 17.2 Å². The summed E-state index contributed by atoms with van der Waals surface area (Å²) < 4.78 is 42.4. The van der Waals surface area contributed by atoms with Crippen LogP contribution in [0.25, 0.3) is 0 Å². The minimum Gasteiger partial charge on any atom is -0.484 e. The third-order valence-corrected chi connectivity index (χ3v) is 6.47. The number of anilines is 1. The van der Waals surface area contributed by atoms with Crippen LogP contribution in [0.15, 0.2) is 47.4 Å². The van der Waals surface area contributed by atoms with Crippen LogP contribution in [-0.4, -0.2) is 45.1 Å². The highest BCUT2D eigenvalue weighted by molar-refractivity contribution is 7.89. The van der Waals surface area contributed by atoms with E-state index in [-0.39, 0.29) is 24.2 Å². The fourth-order valence-corrected chi connectivity index (χ4v) is 4.62. The van der Waals surface area contributed by atoms with E-state index in [4.69, 9.17) is 14.2 Å². The van der Waals surface area contributed by atoms with Gasteiger partial charge < -0.3 is 19.5 Å². The Morgan fingerprint density at radius 3 is 2.50 bits per heavy atom. The number of nitrogens with zero attached hydrogens (tertiary/aromatic N) is 1. The summed E-state index contributed by atoms with van der Waals surface area (Å²) in [4.78, 5) is 12.3. The van der Waals surface area contributed by atoms with Gasteiger partial charge in [0.2, 0.25) is 16.8 Å². The number of fused-ring (bicyclic) bond motifs is 1. The molecule has 0 saturated carbocycles. The van der Waals surface area contributed by atoms with Crippen molar-refractivity contribution >= 4 is 21.6 Å². The highest BCUT2D eigenvalue weighted by Crippen LogP contribution is 2.35. The van der Waals surface area contributed by atoms with Crippen molar-refractivity contribution in [3.05, 3.63) is 42.5 Å². The van der Waals surface area contributed by atoms with Crippen LogP contribution in [0.5, 0.6) is 17.2 Å². The van der Waals surface area contributed by atoms with Gasteiger partial charge in [0.05, 0.1) is 4.90 Å². The first kappa shape index (κ1) is 18.6. The van der Waals surface area contributed by atoms with Gasteiger partial charge in [-0.2, -0.15) is 4.31 Å². The van der Waals surface area contributed by atoms with E-state index in [2.05, 4.69) is 5.32 Å². The van der Waals surface area contributed by atoms with E-state index in [0.29, 0.717) is 36.0 Å². The number of carbonyl (C=O) groups is 1. The van der Waals surface area contributed by atoms with Gasteiger partial charge >= 0.3 is 0 Å². The molecule has 1 fully saturated rings. The zero-order valence-corrected chi connectivity index (χ0v) is 15.9. The largest absolute Gasteiger partial charge is 0.484 e. The molecule has 28 heavy (non-hydrogen) atoms. The van der Waals surface area contributed by atoms with Crippen LogP contribution < -0.4 is 19.5 Å². The Hall–Kier alpha value is -2.78. The Kier molecular flexibility index (Phi) is 5.10. The summed E-state index contributed by atoms with van der Waals surface area (Å²) in [6.45, 7) is 1.09. The third-order valence-electron chi connectivity index (χ3n) is 4.55. The summed E-state index contributed by atoms with van der Waals surface area (Å²) in [6.07, 6.45) is 1.77. The van der Waals surface area contributed by atoms with Gasteiger partial charge in [-0.3, -0.25) is 4.79 Å². The van der Waals surface area contributed by atoms with Crippen LogP contribution in [0.2, 0.25) is 0 Å². The second-order valence-corrected chi connectivity index (χ2v) is 8.43. The first-order valence-electron chi connectivity index (χ1n) is 8.95. The standard InChI is InChI=1S/C19H20N2O6S/c22-19(12-25-15-5-8-17-18(11-15)27-13-26-17)20-14-3-6-16(7-4-14)28(23,24)21-9-1-2-10-21/h3-8,11H,1-2,9-10,12-13H2,(H,20,22). The molecular weight excluding hydrogens is 384 g/mol. The smallest absolute Gasteiger partial charge is 0.262 e.